The second-order valence-electron chi connectivity index (χ2n) is 5.80. The number of anilines is 1. The number of carbonyl (C=O) groups is 3. The van der Waals surface area contributed by atoms with E-state index in [9.17, 15) is 14.4 Å². The van der Waals surface area contributed by atoms with Gasteiger partial charge in [0.1, 0.15) is 5.75 Å². The van der Waals surface area contributed by atoms with Crippen LogP contribution in [0.25, 0.3) is 0 Å². The fraction of sp³-hybridized carbons (Fsp3) is 0.286. The fourth-order valence-electron chi connectivity index (χ4n) is 2.36. The molecule has 2 aromatic carbocycles. The zero-order valence-corrected chi connectivity index (χ0v) is 16.1. The summed E-state index contributed by atoms with van der Waals surface area (Å²) in [6, 6.07) is 13.2. The molecule has 0 fully saturated rings. The number of para-hydroxylation sites is 1. The third kappa shape index (κ3) is 5.84. The van der Waals surface area contributed by atoms with Gasteiger partial charge < -0.3 is 19.5 Å². The predicted octanol–water partition coefficient (Wildman–Crippen LogP) is 3.45. The molecule has 0 saturated heterocycles. The van der Waals surface area contributed by atoms with Crippen molar-refractivity contribution in [2.24, 2.45) is 0 Å². The Morgan fingerprint density at radius 2 is 1.43 bits per heavy atom. The number of esters is 2. The maximum atomic E-state index is 12.5. The molecule has 0 spiro atoms. The molecule has 0 aliphatic carbocycles. The molecule has 1 amide bonds. The minimum absolute atomic E-state index is 0.138. The highest BCUT2D eigenvalue weighted by Gasteiger charge is 2.19. The Morgan fingerprint density at radius 3 is 1.93 bits per heavy atom. The van der Waals surface area contributed by atoms with Gasteiger partial charge in [-0.15, -0.1) is 0 Å². The smallest absolute Gasteiger partial charge is 0.338 e. The molecule has 0 aliphatic rings. The van der Waals surface area contributed by atoms with E-state index in [2.05, 4.69) is 5.32 Å². The van der Waals surface area contributed by atoms with Gasteiger partial charge in [-0.2, -0.15) is 0 Å². The highest BCUT2D eigenvalue weighted by Crippen LogP contribution is 2.18. The molecular weight excluding hydrogens is 362 g/mol. The van der Waals surface area contributed by atoms with Crippen LogP contribution >= 0.6 is 0 Å². The van der Waals surface area contributed by atoms with Crippen molar-refractivity contribution in [2.45, 2.75) is 26.9 Å². The molecule has 2 rings (SSSR count). The number of ether oxygens (including phenoxy) is 3. The van der Waals surface area contributed by atoms with Crippen molar-refractivity contribution < 1.29 is 28.6 Å². The van der Waals surface area contributed by atoms with E-state index >= 15 is 0 Å². The molecule has 0 bridgehead atoms. The number of hydrogen-bond donors (Lipinski definition) is 1. The average Bonchev–Trinajstić information content (AvgIpc) is 2.68. The van der Waals surface area contributed by atoms with Crippen LogP contribution in [-0.2, 0) is 14.3 Å². The van der Waals surface area contributed by atoms with Crippen molar-refractivity contribution in [3.8, 4) is 5.75 Å². The lowest BCUT2D eigenvalue weighted by Crippen LogP contribution is -2.30. The molecule has 28 heavy (non-hydrogen) atoms. The maximum absolute atomic E-state index is 12.5. The van der Waals surface area contributed by atoms with Gasteiger partial charge in [0.15, 0.2) is 6.10 Å². The van der Waals surface area contributed by atoms with Gasteiger partial charge in [0.05, 0.1) is 24.3 Å². The van der Waals surface area contributed by atoms with Crippen molar-refractivity contribution in [1.82, 2.24) is 0 Å². The number of carbonyl (C=O) groups excluding carboxylic acids is 3. The molecule has 1 N–H and O–H groups in total. The van der Waals surface area contributed by atoms with Gasteiger partial charge in [0.2, 0.25) is 0 Å². The zero-order valence-electron chi connectivity index (χ0n) is 16.1. The van der Waals surface area contributed by atoms with Crippen LogP contribution < -0.4 is 10.1 Å². The Bertz CT molecular complexity index is 798. The third-order valence-electron chi connectivity index (χ3n) is 3.65. The van der Waals surface area contributed by atoms with Gasteiger partial charge in [-0.05, 0) is 51.1 Å². The Kier molecular flexibility index (Phi) is 7.56. The summed E-state index contributed by atoms with van der Waals surface area (Å²) in [6.45, 7) is 5.33. The van der Waals surface area contributed by atoms with Gasteiger partial charge in [-0.1, -0.05) is 18.2 Å². The van der Waals surface area contributed by atoms with Gasteiger partial charge in [0, 0.05) is 5.69 Å². The van der Waals surface area contributed by atoms with Gasteiger partial charge >= 0.3 is 11.9 Å². The van der Waals surface area contributed by atoms with Crippen molar-refractivity contribution >= 4 is 23.5 Å². The zero-order chi connectivity index (χ0) is 20.5. The van der Waals surface area contributed by atoms with E-state index in [1.54, 1.807) is 45.0 Å². The average molecular weight is 385 g/mol. The van der Waals surface area contributed by atoms with Crippen molar-refractivity contribution in [2.75, 3.05) is 18.5 Å². The van der Waals surface area contributed by atoms with Crippen LogP contribution in [0.1, 0.15) is 41.5 Å². The first-order valence-electron chi connectivity index (χ1n) is 8.96. The van der Waals surface area contributed by atoms with Crippen LogP contribution in [0.4, 0.5) is 5.69 Å². The van der Waals surface area contributed by atoms with Crippen LogP contribution in [0.3, 0.4) is 0 Å². The minimum Gasteiger partial charge on any atom is -0.481 e. The predicted molar refractivity (Wildman–Crippen MR) is 104 cm³/mol. The molecule has 0 aromatic heterocycles. The number of amides is 1. The van der Waals surface area contributed by atoms with E-state index < -0.39 is 23.9 Å². The normalized spacial score (nSPS) is 11.2. The monoisotopic (exact) mass is 385 g/mol. The second kappa shape index (κ2) is 10.1. The molecule has 2 aromatic rings. The molecule has 1 atom stereocenters. The molecule has 0 unspecified atom stereocenters. The SMILES string of the molecule is CCOC(=O)c1cc(NC(=O)[C@H](C)Oc2ccccc2)cc(C(=O)OCC)c1. The van der Waals surface area contributed by atoms with Crippen LogP contribution in [-0.4, -0.2) is 37.2 Å². The maximum Gasteiger partial charge on any atom is 0.338 e. The Labute approximate surface area is 163 Å². The Morgan fingerprint density at radius 1 is 0.893 bits per heavy atom. The summed E-state index contributed by atoms with van der Waals surface area (Å²) in [4.78, 5) is 36.6. The standard InChI is InChI=1S/C21H23NO6/c1-4-26-20(24)15-11-16(21(25)27-5-2)13-17(12-15)22-19(23)14(3)28-18-9-7-6-8-10-18/h6-14H,4-5H2,1-3H3,(H,22,23)/t14-/m0/s1. The number of rotatable bonds is 8. The first-order chi connectivity index (χ1) is 13.4. The topological polar surface area (TPSA) is 90.9 Å². The summed E-state index contributed by atoms with van der Waals surface area (Å²) < 4.78 is 15.5. The molecular formula is C21H23NO6. The highest BCUT2D eigenvalue weighted by molar-refractivity contribution is 6.00. The van der Waals surface area contributed by atoms with E-state index in [0.29, 0.717) is 5.75 Å². The quantitative estimate of drug-likeness (QED) is 0.700. The highest BCUT2D eigenvalue weighted by atomic mass is 16.5. The first-order valence-corrected chi connectivity index (χ1v) is 8.96. The van der Waals surface area contributed by atoms with Crippen LogP contribution in [0, 0.1) is 0 Å². The van der Waals surface area contributed by atoms with Crippen LogP contribution in [0.15, 0.2) is 48.5 Å². The van der Waals surface area contributed by atoms with E-state index in [1.165, 1.54) is 18.2 Å². The molecule has 0 saturated carbocycles. The summed E-state index contributed by atoms with van der Waals surface area (Å²) in [7, 11) is 0. The summed E-state index contributed by atoms with van der Waals surface area (Å²) in [5.41, 5.74) is 0.542. The van der Waals surface area contributed by atoms with Crippen molar-refractivity contribution in [1.29, 1.82) is 0 Å². The van der Waals surface area contributed by atoms with E-state index in [1.807, 2.05) is 6.07 Å². The van der Waals surface area contributed by atoms with Crippen molar-refractivity contribution in [3.63, 3.8) is 0 Å². The number of nitrogens with one attached hydrogen (secondary N) is 1. The summed E-state index contributed by atoms with van der Waals surface area (Å²) in [6.07, 6.45) is -0.792. The van der Waals surface area contributed by atoms with Crippen molar-refractivity contribution in [3.05, 3.63) is 59.7 Å². The van der Waals surface area contributed by atoms with Gasteiger partial charge in [-0.3, -0.25) is 4.79 Å². The third-order valence-corrected chi connectivity index (χ3v) is 3.65. The largest absolute Gasteiger partial charge is 0.481 e. The van der Waals surface area contributed by atoms with Gasteiger partial charge in [0.25, 0.3) is 5.91 Å². The second-order valence-corrected chi connectivity index (χ2v) is 5.80. The first kappa shape index (κ1) is 21.0. The molecule has 0 aliphatic heterocycles. The molecule has 0 heterocycles. The lowest BCUT2D eigenvalue weighted by atomic mass is 10.1. The van der Waals surface area contributed by atoms with Gasteiger partial charge in [-0.25, -0.2) is 9.59 Å². The summed E-state index contributed by atoms with van der Waals surface area (Å²) in [5, 5.41) is 2.66. The Balaban J connectivity index is 2.21. The lowest BCUT2D eigenvalue weighted by molar-refractivity contribution is -0.122. The molecule has 0 radical (unpaired) electrons. The van der Waals surface area contributed by atoms with E-state index in [0.717, 1.165) is 0 Å². The van der Waals surface area contributed by atoms with E-state index in [-0.39, 0.29) is 30.0 Å². The minimum atomic E-state index is -0.792. The van der Waals surface area contributed by atoms with Crippen LogP contribution in [0.2, 0.25) is 0 Å². The Hall–Kier alpha value is -3.35. The summed E-state index contributed by atoms with van der Waals surface area (Å²) in [5.74, 6) is -1.08. The number of benzene rings is 2. The molecule has 7 heteroatoms. The lowest BCUT2D eigenvalue weighted by Gasteiger charge is -2.15. The summed E-state index contributed by atoms with van der Waals surface area (Å²) >= 11 is 0. The van der Waals surface area contributed by atoms with Crippen LogP contribution in [0.5, 0.6) is 5.75 Å². The van der Waals surface area contributed by atoms with E-state index in [4.69, 9.17) is 14.2 Å². The fourth-order valence-corrected chi connectivity index (χ4v) is 2.36. The number of hydrogen-bond acceptors (Lipinski definition) is 6. The molecule has 7 nitrogen and oxygen atoms in total. The molecule has 148 valence electrons.